The molecule has 8 nitrogen and oxygen atoms in total. The maximum absolute atomic E-state index is 11.9. The number of carbonyl (C=O) groups is 1. The van der Waals surface area contributed by atoms with Crippen LogP contribution >= 0.6 is 23.1 Å². The van der Waals surface area contributed by atoms with E-state index in [4.69, 9.17) is 14.2 Å². The van der Waals surface area contributed by atoms with Crippen LogP contribution < -0.4 is 9.47 Å². The summed E-state index contributed by atoms with van der Waals surface area (Å²) in [4.78, 5) is 16.3. The molecule has 0 saturated carbocycles. The van der Waals surface area contributed by atoms with E-state index >= 15 is 0 Å². The smallest absolute Gasteiger partial charge is 0.357 e. The molecule has 0 aliphatic heterocycles. The maximum Gasteiger partial charge on any atom is 0.357 e. The molecule has 10 heteroatoms. The summed E-state index contributed by atoms with van der Waals surface area (Å²) in [7, 11) is 3.23. The van der Waals surface area contributed by atoms with Gasteiger partial charge < -0.3 is 14.2 Å². The topological polar surface area (TPSA) is 88.4 Å². The highest BCUT2D eigenvalue weighted by atomic mass is 32.2. The van der Waals surface area contributed by atoms with Crippen molar-refractivity contribution in [2.75, 3.05) is 20.8 Å². The van der Waals surface area contributed by atoms with Crippen molar-refractivity contribution in [3.63, 3.8) is 0 Å². The molecule has 34 heavy (non-hydrogen) atoms. The summed E-state index contributed by atoms with van der Waals surface area (Å²) in [5.41, 5.74) is 3.23. The molecule has 0 spiro atoms. The van der Waals surface area contributed by atoms with Crippen LogP contribution in [0.2, 0.25) is 0 Å². The largest absolute Gasteiger partial charge is 0.497 e. The third kappa shape index (κ3) is 5.23. The Balaban J connectivity index is 1.69. The van der Waals surface area contributed by atoms with Crippen LogP contribution in [-0.4, -0.2) is 46.5 Å². The minimum Gasteiger partial charge on any atom is -0.497 e. The molecule has 0 radical (unpaired) electrons. The van der Waals surface area contributed by atoms with E-state index in [1.165, 1.54) is 23.1 Å². The van der Waals surface area contributed by atoms with Crippen molar-refractivity contribution in [1.29, 1.82) is 0 Å². The number of ether oxygens (including phenoxy) is 3. The number of thiazole rings is 1. The lowest BCUT2D eigenvalue weighted by molar-refractivity contribution is 0.0520. The summed E-state index contributed by atoms with van der Waals surface area (Å²) < 4.78 is 17.9. The van der Waals surface area contributed by atoms with Gasteiger partial charge in [0.15, 0.2) is 16.7 Å². The maximum atomic E-state index is 11.9. The third-order valence-corrected chi connectivity index (χ3v) is 6.87. The molecule has 0 bridgehead atoms. The van der Waals surface area contributed by atoms with Crippen molar-refractivity contribution < 1.29 is 19.0 Å². The fourth-order valence-electron chi connectivity index (χ4n) is 3.22. The minimum absolute atomic E-state index is 0.317. The summed E-state index contributed by atoms with van der Waals surface area (Å²) in [6.45, 7) is 4.13. The number of carbonyl (C=O) groups excluding carboxylic acids is 1. The SMILES string of the molecule is CCOC(=O)c1csc(CSc2nnc(-c3cc(OC)cc(OC)c3)n2-c2ccc(C)cc2)n1. The number of rotatable bonds is 9. The number of aromatic nitrogens is 4. The van der Waals surface area contributed by atoms with Gasteiger partial charge in [-0.15, -0.1) is 21.5 Å². The molecule has 2 heterocycles. The molecule has 0 amide bonds. The van der Waals surface area contributed by atoms with Gasteiger partial charge in [-0.2, -0.15) is 0 Å². The molecule has 0 N–H and O–H groups in total. The Morgan fingerprint density at radius 3 is 2.41 bits per heavy atom. The standard InChI is InChI=1S/C24H24N4O4S2/c1-5-32-23(29)20-13-33-21(25-20)14-34-24-27-26-22(28(24)17-8-6-15(2)7-9-17)16-10-18(30-3)12-19(11-16)31-4/h6-13H,5,14H2,1-4H3. The fraction of sp³-hybridized carbons (Fsp3) is 0.250. The molecule has 0 unspecified atom stereocenters. The lowest BCUT2D eigenvalue weighted by Gasteiger charge is -2.12. The van der Waals surface area contributed by atoms with E-state index in [0.29, 0.717) is 40.5 Å². The average molecular weight is 497 g/mol. The Morgan fingerprint density at radius 2 is 1.76 bits per heavy atom. The van der Waals surface area contributed by atoms with E-state index in [1.54, 1.807) is 26.5 Å². The second-order valence-electron chi connectivity index (χ2n) is 7.21. The van der Waals surface area contributed by atoms with E-state index in [1.807, 2.05) is 54.0 Å². The third-order valence-electron chi connectivity index (χ3n) is 4.90. The van der Waals surface area contributed by atoms with Crippen molar-refractivity contribution >= 4 is 29.1 Å². The van der Waals surface area contributed by atoms with Crippen molar-refractivity contribution in [3.8, 4) is 28.6 Å². The number of hydrogen-bond donors (Lipinski definition) is 0. The molecular formula is C24H24N4O4S2. The molecule has 4 rings (SSSR count). The van der Waals surface area contributed by atoms with Crippen LogP contribution in [0.5, 0.6) is 11.5 Å². The van der Waals surface area contributed by atoms with Crippen molar-refractivity contribution in [3.05, 3.63) is 64.1 Å². The van der Waals surface area contributed by atoms with Gasteiger partial charge in [-0.05, 0) is 38.1 Å². The Kier molecular flexibility index (Phi) is 7.49. The summed E-state index contributed by atoms with van der Waals surface area (Å²) in [5, 5.41) is 12.2. The van der Waals surface area contributed by atoms with Crippen LogP contribution in [0.1, 0.15) is 28.0 Å². The van der Waals surface area contributed by atoms with Gasteiger partial charge in [0.25, 0.3) is 0 Å². The van der Waals surface area contributed by atoms with E-state index in [0.717, 1.165) is 21.8 Å². The number of aryl methyl sites for hydroxylation is 1. The lowest BCUT2D eigenvalue weighted by atomic mass is 10.1. The first-order valence-corrected chi connectivity index (χ1v) is 12.4. The Hall–Kier alpha value is -3.37. The van der Waals surface area contributed by atoms with Gasteiger partial charge in [0.05, 0.1) is 26.6 Å². The number of methoxy groups -OCH3 is 2. The molecule has 176 valence electrons. The van der Waals surface area contributed by atoms with Crippen molar-refractivity contribution in [2.24, 2.45) is 0 Å². The lowest BCUT2D eigenvalue weighted by Crippen LogP contribution is -2.05. The molecule has 2 aromatic heterocycles. The normalized spacial score (nSPS) is 10.8. The predicted octanol–water partition coefficient (Wildman–Crippen LogP) is 5.19. The Bertz CT molecular complexity index is 1260. The molecule has 4 aromatic rings. The van der Waals surface area contributed by atoms with Gasteiger partial charge in [-0.25, -0.2) is 9.78 Å². The Labute approximate surface area is 205 Å². The number of hydrogen-bond acceptors (Lipinski definition) is 9. The van der Waals surface area contributed by atoms with Gasteiger partial charge in [-0.3, -0.25) is 4.57 Å². The van der Waals surface area contributed by atoms with Crippen LogP contribution in [-0.2, 0) is 10.5 Å². The highest BCUT2D eigenvalue weighted by Crippen LogP contribution is 2.34. The number of nitrogens with zero attached hydrogens (tertiary/aromatic N) is 4. The second kappa shape index (κ2) is 10.7. The molecule has 0 atom stereocenters. The molecule has 0 aliphatic rings. The first-order chi connectivity index (χ1) is 16.5. The first-order valence-electron chi connectivity index (χ1n) is 10.5. The summed E-state index contributed by atoms with van der Waals surface area (Å²) >= 11 is 2.91. The van der Waals surface area contributed by atoms with E-state index < -0.39 is 5.97 Å². The molecule has 0 aliphatic carbocycles. The molecular weight excluding hydrogens is 472 g/mol. The highest BCUT2D eigenvalue weighted by Gasteiger charge is 2.19. The van der Waals surface area contributed by atoms with E-state index in [9.17, 15) is 4.79 Å². The quantitative estimate of drug-likeness (QED) is 0.231. The van der Waals surface area contributed by atoms with Crippen LogP contribution in [0, 0.1) is 6.92 Å². The van der Waals surface area contributed by atoms with Gasteiger partial charge >= 0.3 is 5.97 Å². The van der Waals surface area contributed by atoms with Crippen molar-refractivity contribution in [2.45, 2.75) is 24.8 Å². The minimum atomic E-state index is -0.410. The summed E-state index contributed by atoms with van der Waals surface area (Å²) in [6.07, 6.45) is 0. The molecule has 2 aromatic carbocycles. The predicted molar refractivity (Wildman–Crippen MR) is 132 cm³/mol. The summed E-state index contributed by atoms with van der Waals surface area (Å²) in [6, 6.07) is 13.8. The number of esters is 1. The Morgan fingerprint density at radius 1 is 1.06 bits per heavy atom. The number of thioether (sulfide) groups is 1. The van der Waals surface area contributed by atoms with Crippen LogP contribution in [0.4, 0.5) is 0 Å². The second-order valence-corrected chi connectivity index (χ2v) is 9.10. The van der Waals surface area contributed by atoms with Crippen LogP contribution in [0.3, 0.4) is 0 Å². The van der Waals surface area contributed by atoms with E-state index in [2.05, 4.69) is 15.2 Å². The average Bonchev–Trinajstić information content (AvgIpc) is 3.50. The van der Waals surface area contributed by atoms with Crippen molar-refractivity contribution in [1.82, 2.24) is 19.7 Å². The fourth-order valence-corrected chi connectivity index (χ4v) is 4.95. The molecule has 0 fully saturated rings. The van der Waals surface area contributed by atoms with E-state index in [-0.39, 0.29) is 0 Å². The zero-order valence-electron chi connectivity index (χ0n) is 19.3. The summed E-state index contributed by atoms with van der Waals surface area (Å²) in [5.74, 6) is 2.12. The first kappa shape index (κ1) is 23.8. The zero-order valence-corrected chi connectivity index (χ0v) is 20.9. The van der Waals surface area contributed by atoms with Crippen LogP contribution in [0.15, 0.2) is 53.0 Å². The number of benzene rings is 2. The molecule has 0 saturated heterocycles. The monoisotopic (exact) mass is 496 g/mol. The highest BCUT2D eigenvalue weighted by molar-refractivity contribution is 7.98. The van der Waals surface area contributed by atoms with Gasteiger partial charge in [0.1, 0.15) is 16.5 Å². The van der Waals surface area contributed by atoms with Gasteiger partial charge in [0.2, 0.25) is 0 Å². The van der Waals surface area contributed by atoms with Crippen LogP contribution in [0.25, 0.3) is 17.1 Å². The zero-order chi connectivity index (χ0) is 24.1. The van der Waals surface area contributed by atoms with Gasteiger partial charge in [0, 0.05) is 22.7 Å². The van der Waals surface area contributed by atoms with Gasteiger partial charge in [-0.1, -0.05) is 29.5 Å².